The van der Waals surface area contributed by atoms with E-state index in [9.17, 15) is 0 Å². The standard InChI is InChI=1S/C19H30N6/c1-4-21-9-5-6-17(13-23-20)24-15(3)22-12-18-11-16-10-14(2)7-8-19(16)25-18/h4,7-8,10-11,17,21-25H,1,3,5-6,9,12-13,20H2,2H3. The maximum atomic E-state index is 5.48. The summed E-state index contributed by atoms with van der Waals surface area (Å²) in [5, 5.41) is 11.1. The minimum absolute atomic E-state index is 0.224. The van der Waals surface area contributed by atoms with Crippen molar-refractivity contribution in [1.29, 1.82) is 0 Å². The van der Waals surface area contributed by atoms with Crippen LogP contribution < -0.4 is 27.2 Å². The third kappa shape index (κ3) is 6.17. The summed E-state index contributed by atoms with van der Waals surface area (Å²) in [5.41, 5.74) is 6.28. The SMILES string of the molecule is C=CNCCCC(CNN)NC(=C)NCc1cc2cc(C)ccc2[nH]1. The van der Waals surface area contributed by atoms with Crippen molar-refractivity contribution in [3.8, 4) is 0 Å². The second-order valence-electron chi connectivity index (χ2n) is 6.27. The number of benzene rings is 1. The first-order chi connectivity index (χ1) is 12.1. The fraction of sp³-hybridized carbons (Fsp3) is 0.368. The van der Waals surface area contributed by atoms with Crippen molar-refractivity contribution in [3.63, 3.8) is 0 Å². The Labute approximate surface area is 149 Å². The van der Waals surface area contributed by atoms with Gasteiger partial charge in [0.15, 0.2) is 0 Å². The highest BCUT2D eigenvalue weighted by Gasteiger charge is 2.08. The smallest absolute Gasteiger partial charge is 0.0918 e. The van der Waals surface area contributed by atoms with Gasteiger partial charge in [0.25, 0.3) is 0 Å². The number of hydrogen-bond donors (Lipinski definition) is 6. The van der Waals surface area contributed by atoms with Crippen LogP contribution in [0.4, 0.5) is 0 Å². The normalized spacial score (nSPS) is 11.9. The van der Waals surface area contributed by atoms with Gasteiger partial charge in [-0.15, -0.1) is 0 Å². The van der Waals surface area contributed by atoms with Gasteiger partial charge in [-0.3, -0.25) is 11.3 Å². The summed E-state index contributed by atoms with van der Waals surface area (Å²) in [7, 11) is 0. The quantitative estimate of drug-likeness (QED) is 0.202. The summed E-state index contributed by atoms with van der Waals surface area (Å²) in [4.78, 5) is 3.42. The summed E-state index contributed by atoms with van der Waals surface area (Å²) in [6.45, 7) is 12.1. The average molecular weight is 342 g/mol. The molecule has 0 aliphatic carbocycles. The molecule has 6 nitrogen and oxygen atoms in total. The average Bonchev–Trinajstić information content (AvgIpc) is 2.99. The van der Waals surface area contributed by atoms with Crippen LogP contribution in [0.5, 0.6) is 0 Å². The molecule has 2 rings (SSSR count). The Morgan fingerprint density at radius 2 is 2.20 bits per heavy atom. The Morgan fingerprint density at radius 1 is 1.36 bits per heavy atom. The van der Waals surface area contributed by atoms with Crippen molar-refractivity contribution >= 4 is 10.9 Å². The molecule has 136 valence electrons. The molecule has 1 atom stereocenters. The van der Waals surface area contributed by atoms with E-state index in [4.69, 9.17) is 5.84 Å². The molecule has 1 aromatic carbocycles. The molecule has 1 heterocycles. The Balaban J connectivity index is 1.81. The monoisotopic (exact) mass is 342 g/mol. The van der Waals surface area contributed by atoms with E-state index in [0.717, 1.165) is 36.4 Å². The van der Waals surface area contributed by atoms with E-state index in [2.05, 4.69) is 70.7 Å². The van der Waals surface area contributed by atoms with E-state index in [1.807, 2.05) is 0 Å². The summed E-state index contributed by atoms with van der Waals surface area (Å²) in [6.07, 6.45) is 3.73. The van der Waals surface area contributed by atoms with Crippen LogP contribution in [0.3, 0.4) is 0 Å². The van der Waals surface area contributed by atoms with Crippen LogP contribution in [0.25, 0.3) is 10.9 Å². The van der Waals surface area contributed by atoms with E-state index < -0.39 is 0 Å². The first-order valence-corrected chi connectivity index (χ1v) is 8.67. The maximum absolute atomic E-state index is 5.48. The van der Waals surface area contributed by atoms with E-state index in [-0.39, 0.29) is 6.04 Å². The third-order valence-corrected chi connectivity index (χ3v) is 4.08. The lowest BCUT2D eigenvalue weighted by molar-refractivity contribution is 0.459. The van der Waals surface area contributed by atoms with Gasteiger partial charge >= 0.3 is 0 Å². The Morgan fingerprint density at radius 3 is 2.96 bits per heavy atom. The molecule has 0 aliphatic heterocycles. The Bertz CT molecular complexity index is 690. The number of nitrogens with one attached hydrogen (secondary N) is 5. The van der Waals surface area contributed by atoms with Crippen molar-refractivity contribution in [3.05, 3.63) is 60.7 Å². The number of aryl methyl sites for hydroxylation is 1. The zero-order chi connectivity index (χ0) is 18.1. The van der Waals surface area contributed by atoms with Crippen LogP contribution in [-0.2, 0) is 6.54 Å². The molecule has 0 bridgehead atoms. The van der Waals surface area contributed by atoms with Gasteiger partial charge in [-0.1, -0.05) is 24.8 Å². The zero-order valence-corrected chi connectivity index (χ0v) is 15.0. The number of hydrogen-bond acceptors (Lipinski definition) is 5. The van der Waals surface area contributed by atoms with E-state index in [0.29, 0.717) is 13.1 Å². The molecule has 2 aromatic rings. The van der Waals surface area contributed by atoms with Gasteiger partial charge in [0.2, 0.25) is 0 Å². The number of H-pyrrole nitrogens is 1. The Hall–Kier alpha value is -2.44. The number of hydrazine groups is 1. The predicted molar refractivity (Wildman–Crippen MR) is 106 cm³/mol. The van der Waals surface area contributed by atoms with Crippen molar-refractivity contribution < 1.29 is 0 Å². The maximum Gasteiger partial charge on any atom is 0.0918 e. The zero-order valence-electron chi connectivity index (χ0n) is 15.0. The largest absolute Gasteiger partial charge is 0.391 e. The highest BCUT2D eigenvalue weighted by molar-refractivity contribution is 5.81. The fourth-order valence-electron chi connectivity index (χ4n) is 2.83. The molecule has 0 saturated heterocycles. The second kappa shape index (κ2) is 9.76. The lowest BCUT2D eigenvalue weighted by Crippen LogP contribution is -2.43. The summed E-state index contributed by atoms with van der Waals surface area (Å²) in [6, 6.07) is 8.80. The minimum atomic E-state index is 0.224. The molecule has 25 heavy (non-hydrogen) atoms. The molecular formula is C19H30N6. The van der Waals surface area contributed by atoms with Crippen LogP contribution in [0.2, 0.25) is 0 Å². The van der Waals surface area contributed by atoms with Crippen molar-refractivity contribution in [1.82, 2.24) is 26.4 Å². The van der Waals surface area contributed by atoms with Crippen LogP contribution in [0.15, 0.2) is 49.4 Å². The highest BCUT2D eigenvalue weighted by atomic mass is 15.2. The van der Waals surface area contributed by atoms with Gasteiger partial charge in [0.1, 0.15) is 0 Å². The molecule has 0 spiro atoms. The molecule has 0 amide bonds. The molecule has 0 radical (unpaired) electrons. The minimum Gasteiger partial charge on any atom is -0.391 e. The van der Waals surface area contributed by atoms with Crippen LogP contribution in [-0.4, -0.2) is 24.1 Å². The second-order valence-corrected chi connectivity index (χ2v) is 6.27. The van der Waals surface area contributed by atoms with Gasteiger partial charge in [-0.2, -0.15) is 0 Å². The highest BCUT2D eigenvalue weighted by Crippen LogP contribution is 2.16. The van der Waals surface area contributed by atoms with Crippen molar-refractivity contribution in [2.45, 2.75) is 32.4 Å². The topological polar surface area (TPSA) is 89.9 Å². The lowest BCUT2D eigenvalue weighted by atomic mass is 10.1. The number of fused-ring (bicyclic) bond motifs is 1. The van der Waals surface area contributed by atoms with Gasteiger partial charge < -0.3 is 20.9 Å². The molecular weight excluding hydrogens is 312 g/mol. The molecule has 0 saturated carbocycles. The van der Waals surface area contributed by atoms with Crippen LogP contribution in [0.1, 0.15) is 24.1 Å². The summed E-state index contributed by atoms with van der Waals surface area (Å²) < 4.78 is 0. The van der Waals surface area contributed by atoms with Crippen molar-refractivity contribution in [2.24, 2.45) is 5.84 Å². The van der Waals surface area contributed by atoms with Gasteiger partial charge in [0.05, 0.1) is 12.4 Å². The number of aromatic amines is 1. The molecule has 1 unspecified atom stereocenters. The summed E-state index contributed by atoms with van der Waals surface area (Å²) in [5.74, 6) is 6.28. The molecule has 1 aromatic heterocycles. The van der Waals surface area contributed by atoms with Crippen LogP contribution in [0, 0.1) is 6.92 Å². The fourth-order valence-corrected chi connectivity index (χ4v) is 2.83. The van der Waals surface area contributed by atoms with Crippen LogP contribution >= 0.6 is 0 Å². The molecule has 0 aliphatic rings. The number of rotatable bonds is 12. The lowest BCUT2D eigenvalue weighted by Gasteiger charge is -2.21. The molecule has 6 heteroatoms. The van der Waals surface area contributed by atoms with Gasteiger partial charge in [-0.05, 0) is 49.6 Å². The Kier molecular flexibility index (Phi) is 7.37. The predicted octanol–water partition coefficient (Wildman–Crippen LogP) is 1.97. The first kappa shape index (κ1) is 18.9. The number of nitrogens with two attached hydrogens (primary N) is 1. The molecule has 7 N–H and O–H groups in total. The number of aromatic nitrogens is 1. The van der Waals surface area contributed by atoms with Gasteiger partial charge in [-0.25, -0.2) is 0 Å². The molecule has 0 fully saturated rings. The van der Waals surface area contributed by atoms with E-state index in [1.54, 1.807) is 6.20 Å². The van der Waals surface area contributed by atoms with Crippen molar-refractivity contribution in [2.75, 3.05) is 13.1 Å². The van der Waals surface area contributed by atoms with Gasteiger partial charge in [0, 0.05) is 30.3 Å². The van der Waals surface area contributed by atoms with E-state index in [1.165, 1.54) is 10.9 Å². The summed E-state index contributed by atoms with van der Waals surface area (Å²) >= 11 is 0. The first-order valence-electron chi connectivity index (χ1n) is 8.67. The van der Waals surface area contributed by atoms with E-state index >= 15 is 0 Å². The third-order valence-electron chi connectivity index (χ3n) is 4.08.